The Labute approximate surface area is 73.6 Å². The van der Waals surface area contributed by atoms with Crippen LogP contribution in [0.15, 0.2) is 10.6 Å². The maximum atomic E-state index is 8.68. The molecule has 68 valence electrons. The van der Waals surface area contributed by atoms with Crippen molar-refractivity contribution in [2.45, 2.75) is 13.5 Å². The molecule has 2 aromatic rings. The van der Waals surface area contributed by atoms with Crippen LogP contribution in [-0.4, -0.2) is 25.4 Å². The van der Waals surface area contributed by atoms with Crippen molar-refractivity contribution in [3.8, 4) is 11.5 Å². The van der Waals surface area contributed by atoms with Crippen LogP contribution in [0.1, 0.15) is 11.6 Å². The number of aryl methyl sites for hydroxylation is 1. The average Bonchev–Trinajstić information content (AvgIpc) is 2.71. The summed E-state index contributed by atoms with van der Waals surface area (Å²) in [5.74, 6) is 0.573. The van der Waals surface area contributed by atoms with Crippen LogP contribution in [0.25, 0.3) is 11.5 Å². The lowest BCUT2D eigenvalue weighted by Crippen LogP contribution is -1.83. The van der Waals surface area contributed by atoms with E-state index in [2.05, 4.69) is 20.3 Å². The molecule has 2 heterocycles. The van der Waals surface area contributed by atoms with Crippen molar-refractivity contribution in [2.24, 2.45) is 0 Å². The number of aromatic amines is 1. The third-order valence-electron chi connectivity index (χ3n) is 1.54. The second-order valence-corrected chi connectivity index (χ2v) is 2.61. The fourth-order valence-corrected chi connectivity index (χ4v) is 0.956. The summed E-state index contributed by atoms with van der Waals surface area (Å²) >= 11 is 0. The van der Waals surface area contributed by atoms with E-state index in [0.717, 1.165) is 5.69 Å². The van der Waals surface area contributed by atoms with Gasteiger partial charge >= 0.3 is 0 Å². The summed E-state index contributed by atoms with van der Waals surface area (Å²) in [4.78, 5) is 3.90. The molecule has 0 radical (unpaired) electrons. The molecular weight excluding hydrogens is 172 g/mol. The predicted octanol–water partition coefficient (Wildman–Crippen LogP) is 0.260. The van der Waals surface area contributed by atoms with Crippen LogP contribution >= 0.6 is 0 Å². The van der Waals surface area contributed by atoms with Gasteiger partial charge in [0.05, 0.1) is 0 Å². The van der Waals surface area contributed by atoms with Gasteiger partial charge in [0.15, 0.2) is 0 Å². The highest BCUT2D eigenvalue weighted by molar-refractivity contribution is 5.47. The molecule has 0 unspecified atom stereocenters. The highest BCUT2D eigenvalue weighted by Crippen LogP contribution is 2.12. The molecule has 0 saturated carbocycles. The molecule has 0 saturated heterocycles. The molecule has 0 atom stereocenters. The van der Waals surface area contributed by atoms with Crippen molar-refractivity contribution in [3.05, 3.63) is 17.7 Å². The molecule has 0 bridgehead atoms. The van der Waals surface area contributed by atoms with E-state index in [1.807, 2.05) is 6.92 Å². The molecule has 2 aromatic heterocycles. The Morgan fingerprint density at radius 2 is 2.46 bits per heavy atom. The van der Waals surface area contributed by atoms with Gasteiger partial charge in [-0.25, -0.2) is 0 Å². The number of hydrogen-bond acceptors (Lipinski definition) is 5. The van der Waals surface area contributed by atoms with Gasteiger partial charge in [0.2, 0.25) is 5.82 Å². The van der Waals surface area contributed by atoms with Gasteiger partial charge in [-0.3, -0.25) is 5.10 Å². The van der Waals surface area contributed by atoms with Crippen LogP contribution in [-0.2, 0) is 6.61 Å². The molecule has 13 heavy (non-hydrogen) atoms. The third kappa shape index (κ3) is 1.43. The summed E-state index contributed by atoms with van der Waals surface area (Å²) in [6, 6.07) is 1.80. The molecule has 2 N–H and O–H groups in total. The standard InChI is InChI=1S/C7H8N4O2/c1-4-2-5(10-9-4)7-8-6(3-12)13-11-7/h2,12H,3H2,1H3,(H,9,10). The summed E-state index contributed by atoms with van der Waals surface area (Å²) in [7, 11) is 0. The molecule has 6 heteroatoms. The molecule has 0 aliphatic rings. The third-order valence-corrected chi connectivity index (χ3v) is 1.54. The second kappa shape index (κ2) is 2.98. The zero-order chi connectivity index (χ0) is 9.26. The number of H-pyrrole nitrogens is 1. The first-order valence-corrected chi connectivity index (χ1v) is 3.75. The molecule has 0 aliphatic carbocycles. The first-order valence-electron chi connectivity index (χ1n) is 3.75. The first-order chi connectivity index (χ1) is 6.29. The quantitative estimate of drug-likeness (QED) is 0.692. The normalized spacial score (nSPS) is 10.6. The first kappa shape index (κ1) is 7.93. The summed E-state index contributed by atoms with van der Waals surface area (Å²) in [6.45, 7) is 1.62. The van der Waals surface area contributed by atoms with Crippen LogP contribution in [0.2, 0.25) is 0 Å². The minimum absolute atomic E-state index is 0.190. The number of aromatic nitrogens is 4. The largest absolute Gasteiger partial charge is 0.387 e. The Bertz CT molecular complexity index is 406. The minimum Gasteiger partial charge on any atom is -0.387 e. The molecule has 0 amide bonds. The maximum Gasteiger partial charge on any atom is 0.252 e. The lowest BCUT2D eigenvalue weighted by atomic mass is 10.3. The van der Waals surface area contributed by atoms with Gasteiger partial charge in [0.1, 0.15) is 12.3 Å². The fraction of sp³-hybridized carbons (Fsp3) is 0.286. The van der Waals surface area contributed by atoms with Crippen molar-refractivity contribution in [1.29, 1.82) is 0 Å². The van der Waals surface area contributed by atoms with Gasteiger partial charge in [-0.1, -0.05) is 5.16 Å². The lowest BCUT2D eigenvalue weighted by Gasteiger charge is -1.80. The van der Waals surface area contributed by atoms with Gasteiger partial charge in [-0.15, -0.1) is 0 Å². The molecule has 0 fully saturated rings. The van der Waals surface area contributed by atoms with Gasteiger partial charge in [0.25, 0.3) is 5.89 Å². The van der Waals surface area contributed by atoms with Crippen molar-refractivity contribution in [3.63, 3.8) is 0 Å². The molecule has 0 aromatic carbocycles. The van der Waals surface area contributed by atoms with E-state index >= 15 is 0 Å². The smallest absolute Gasteiger partial charge is 0.252 e. The number of aliphatic hydroxyl groups excluding tert-OH is 1. The van der Waals surface area contributed by atoms with Crippen LogP contribution in [0, 0.1) is 6.92 Å². The zero-order valence-electron chi connectivity index (χ0n) is 6.98. The van der Waals surface area contributed by atoms with Crippen LogP contribution in [0.3, 0.4) is 0 Å². The average molecular weight is 180 g/mol. The highest BCUT2D eigenvalue weighted by atomic mass is 16.5. The van der Waals surface area contributed by atoms with Gasteiger partial charge in [-0.2, -0.15) is 10.1 Å². The van der Waals surface area contributed by atoms with Crippen molar-refractivity contribution >= 4 is 0 Å². The van der Waals surface area contributed by atoms with E-state index in [-0.39, 0.29) is 12.5 Å². The van der Waals surface area contributed by atoms with Crippen molar-refractivity contribution < 1.29 is 9.63 Å². The van der Waals surface area contributed by atoms with E-state index < -0.39 is 0 Å². The Morgan fingerprint density at radius 3 is 3.00 bits per heavy atom. The van der Waals surface area contributed by atoms with E-state index in [1.54, 1.807) is 6.07 Å². The van der Waals surface area contributed by atoms with Crippen molar-refractivity contribution in [1.82, 2.24) is 20.3 Å². The van der Waals surface area contributed by atoms with Gasteiger partial charge in [0, 0.05) is 5.69 Å². The van der Waals surface area contributed by atoms with E-state index in [1.165, 1.54) is 0 Å². The summed E-state index contributed by atoms with van der Waals surface area (Å²) in [5.41, 5.74) is 1.53. The van der Waals surface area contributed by atoms with Crippen LogP contribution in [0.5, 0.6) is 0 Å². The van der Waals surface area contributed by atoms with Crippen LogP contribution < -0.4 is 0 Å². The fourth-order valence-electron chi connectivity index (χ4n) is 0.956. The molecule has 6 nitrogen and oxygen atoms in total. The highest BCUT2D eigenvalue weighted by Gasteiger charge is 2.09. The lowest BCUT2D eigenvalue weighted by molar-refractivity contribution is 0.222. The predicted molar refractivity (Wildman–Crippen MR) is 42.5 cm³/mol. The van der Waals surface area contributed by atoms with E-state index in [0.29, 0.717) is 11.5 Å². The zero-order valence-corrected chi connectivity index (χ0v) is 6.98. The van der Waals surface area contributed by atoms with Gasteiger partial charge in [-0.05, 0) is 13.0 Å². The Kier molecular flexibility index (Phi) is 1.82. The number of hydrogen-bond donors (Lipinski definition) is 2. The Morgan fingerprint density at radius 1 is 1.62 bits per heavy atom. The van der Waals surface area contributed by atoms with E-state index in [4.69, 9.17) is 9.63 Å². The molecule has 0 spiro atoms. The Hall–Kier alpha value is -1.69. The van der Waals surface area contributed by atoms with Crippen molar-refractivity contribution in [2.75, 3.05) is 0 Å². The molecular formula is C7H8N4O2. The van der Waals surface area contributed by atoms with Crippen LogP contribution in [0.4, 0.5) is 0 Å². The Balaban J connectivity index is 2.35. The monoisotopic (exact) mass is 180 g/mol. The molecule has 0 aliphatic heterocycles. The van der Waals surface area contributed by atoms with E-state index in [9.17, 15) is 0 Å². The minimum atomic E-state index is -0.254. The number of nitrogens with zero attached hydrogens (tertiary/aromatic N) is 3. The van der Waals surface area contributed by atoms with Gasteiger partial charge < -0.3 is 9.63 Å². The SMILES string of the molecule is Cc1cc(-c2noc(CO)n2)n[nH]1. The number of nitrogens with one attached hydrogen (secondary N) is 1. The number of aliphatic hydroxyl groups is 1. The summed E-state index contributed by atoms with van der Waals surface area (Å²) in [6.07, 6.45) is 0. The number of rotatable bonds is 2. The summed E-state index contributed by atoms with van der Waals surface area (Å²) in [5, 5.41) is 19.0. The topological polar surface area (TPSA) is 87.8 Å². The summed E-state index contributed by atoms with van der Waals surface area (Å²) < 4.78 is 4.71. The second-order valence-electron chi connectivity index (χ2n) is 2.61. The molecule has 2 rings (SSSR count). The maximum absolute atomic E-state index is 8.68.